The highest BCUT2D eigenvalue weighted by Crippen LogP contribution is 2.28. The first-order chi connectivity index (χ1) is 8.72. The molecule has 1 aromatic carbocycles. The van der Waals surface area contributed by atoms with E-state index in [-0.39, 0.29) is 0 Å². The van der Waals surface area contributed by atoms with E-state index in [0.717, 1.165) is 13.0 Å². The first kappa shape index (κ1) is 13.8. The van der Waals surface area contributed by atoms with Gasteiger partial charge in [0.05, 0.1) is 6.04 Å². The number of aryl methyl sites for hydroxylation is 1. The van der Waals surface area contributed by atoms with E-state index in [1.165, 1.54) is 20.5 Å². The van der Waals surface area contributed by atoms with Gasteiger partial charge in [-0.25, -0.2) is 0 Å². The molecule has 1 nitrogen and oxygen atoms in total. The first-order valence-corrected chi connectivity index (χ1v) is 7.92. The molecule has 0 saturated carbocycles. The molecule has 0 radical (unpaired) electrons. The SMILES string of the molecule is CCCNC(c1ccc(Br)c(C)c1)c1cccs1. The standard InChI is InChI=1S/C15H18BrNS/c1-3-8-17-15(14-5-4-9-18-14)12-6-7-13(16)11(2)10-12/h4-7,9-10,15,17H,3,8H2,1-2H3. The van der Waals surface area contributed by atoms with Crippen LogP contribution in [0.2, 0.25) is 0 Å². The van der Waals surface area contributed by atoms with Crippen molar-refractivity contribution in [2.75, 3.05) is 6.54 Å². The zero-order valence-electron chi connectivity index (χ0n) is 10.7. The molecular formula is C15H18BrNS. The van der Waals surface area contributed by atoms with Gasteiger partial charge in [0.1, 0.15) is 0 Å². The third kappa shape index (κ3) is 3.22. The monoisotopic (exact) mass is 323 g/mol. The number of halogens is 1. The van der Waals surface area contributed by atoms with Crippen molar-refractivity contribution in [3.05, 3.63) is 56.2 Å². The summed E-state index contributed by atoms with van der Waals surface area (Å²) in [5.74, 6) is 0. The average molecular weight is 324 g/mol. The average Bonchev–Trinajstić information content (AvgIpc) is 2.88. The molecule has 3 heteroatoms. The highest BCUT2D eigenvalue weighted by atomic mass is 79.9. The van der Waals surface area contributed by atoms with E-state index < -0.39 is 0 Å². The third-order valence-electron chi connectivity index (χ3n) is 2.94. The second-order valence-corrected chi connectivity index (χ2v) is 6.24. The summed E-state index contributed by atoms with van der Waals surface area (Å²) in [6.07, 6.45) is 1.15. The Labute approximate surface area is 121 Å². The van der Waals surface area contributed by atoms with E-state index in [1.54, 1.807) is 0 Å². The van der Waals surface area contributed by atoms with Crippen LogP contribution in [0.4, 0.5) is 0 Å². The Morgan fingerprint density at radius 2 is 2.17 bits per heavy atom. The molecule has 1 unspecified atom stereocenters. The van der Waals surface area contributed by atoms with E-state index in [1.807, 2.05) is 11.3 Å². The molecule has 0 bridgehead atoms. The fourth-order valence-electron chi connectivity index (χ4n) is 1.97. The molecule has 0 aliphatic rings. The van der Waals surface area contributed by atoms with Crippen molar-refractivity contribution < 1.29 is 0 Å². The zero-order valence-corrected chi connectivity index (χ0v) is 13.1. The molecule has 0 fully saturated rings. The van der Waals surface area contributed by atoms with Crippen LogP contribution in [0.5, 0.6) is 0 Å². The Morgan fingerprint density at radius 3 is 2.78 bits per heavy atom. The lowest BCUT2D eigenvalue weighted by molar-refractivity contribution is 0.605. The number of nitrogens with one attached hydrogen (secondary N) is 1. The summed E-state index contributed by atoms with van der Waals surface area (Å²) in [6.45, 7) is 5.38. The Morgan fingerprint density at radius 1 is 1.33 bits per heavy atom. The summed E-state index contributed by atoms with van der Waals surface area (Å²) >= 11 is 5.37. The number of hydrogen-bond donors (Lipinski definition) is 1. The van der Waals surface area contributed by atoms with Gasteiger partial charge in [-0.15, -0.1) is 11.3 Å². The maximum absolute atomic E-state index is 3.63. The van der Waals surface area contributed by atoms with E-state index in [2.05, 4.69) is 70.8 Å². The van der Waals surface area contributed by atoms with E-state index in [4.69, 9.17) is 0 Å². The Hall–Kier alpha value is -0.640. The van der Waals surface area contributed by atoms with Crippen molar-refractivity contribution in [3.8, 4) is 0 Å². The molecule has 0 saturated heterocycles. The van der Waals surface area contributed by atoms with Crippen molar-refractivity contribution in [2.24, 2.45) is 0 Å². The molecule has 0 aliphatic carbocycles. The highest BCUT2D eigenvalue weighted by molar-refractivity contribution is 9.10. The lowest BCUT2D eigenvalue weighted by atomic mass is 10.0. The van der Waals surface area contributed by atoms with Gasteiger partial charge in [0.15, 0.2) is 0 Å². The summed E-state index contributed by atoms with van der Waals surface area (Å²) in [5, 5.41) is 5.77. The number of hydrogen-bond acceptors (Lipinski definition) is 2. The maximum Gasteiger partial charge on any atom is 0.0671 e. The van der Waals surface area contributed by atoms with Gasteiger partial charge >= 0.3 is 0 Å². The van der Waals surface area contributed by atoms with Crippen LogP contribution in [0, 0.1) is 6.92 Å². The second kappa shape index (κ2) is 6.50. The lowest BCUT2D eigenvalue weighted by Crippen LogP contribution is -2.22. The van der Waals surface area contributed by atoms with Crippen LogP contribution in [-0.2, 0) is 0 Å². The molecule has 96 valence electrons. The van der Waals surface area contributed by atoms with Gasteiger partial charge in [-0.2, -0.15) is 0 Å². The normalized spacial score (nSPS) is 12.6. The number of thiophene rings is 1. The fourth-order valence-corrected chi connectivity index (χ4v) is 3.05. The molecule has 0 aliphatic heterocycles. The summed E-state index contributed by atoms with van der Waals surface area (Å²) < 4.78 is 1.17. The van der Waals surface area contributed by atoms with Gasteiger partial charge < -0.3 is 5.32 Å². The van der Waals surface area contributed by atoms with E-state index >= 15 is 0 Å². The van der Waals surface area contributed by atoms with E-state index in [0.29, 0.717) is 6.04 Å². The Balaban J connectivity index is 2.30. The number of benzene rings is 1. The van der Waals surface area contributed by atoms with E-state index in [9.17, 15) is 0 Å². The molecule has 1 N–H and O–H groups in total. The van der Waals surface area contributed by atoms with Gasteiger partial charge in [-0.1, -0.05) is 41.1 Å². The summed E-state index contributed by atoms with van der Waals surface area (Å²) in [5.41, 5.74) is 2.62. The third-order valence-corrected chi connectivity index (χ3v) is 4.77. The van der Waals surface area contributed by atoms with Crippen molar-refractivity contribution >= 4 is 27.3 Å². The zero-order chi connectivity index (χ0) is 13.0. The summed E-state index contributed by atoms with van der Waals surface area (Å²) in [4.78, 5) is 1.38. The van der Waals surface area contributed by atoms with Gasteiger partial charge in [-0.3, -0.25) is 0 Å². The van der Waals surface area contributed by atoms with Gasteiger partial charge in [-0.05, 0) is 48.5 Å². The highest BCUT2D eigenvalue weighted by Gasteiger charge is 2.14. The van der Waals surface area contributed by atoms with Crippen molar-refractivity contribution in [3.63, 3.8) is 0 Å². The summed E-state index contributed by atoms with van der Waals surface area (Å²) in [7, 11) is 0. The first-order valence-electron chi connectivity index (χ1n) is 6.25. The van der Waals surface area contributed by atoms with Crippen LogP contribution in [0.15, 0.2) is 40.2 Å². The van der Waals surface area contributed by atoms with Crippen LogP contribution in [-0.4, -0.2) is 6.54 Å². The molecular weight excluding hydrogens is 306 g/mol. The van der Waals surface area contributed by atoms with Gasteiger partial charge in [0.2, 0.25) is 0 Å². The molecule has 0 spiro atoms. The van der Waals surface area contributed by atoms with Crippen molar-refractivity contribution in [1.29, 1.82) is 0 Å². The smallest absolute Gasteiger partial charge is 0.0671 e. The Bertz CT molecular complexity index is 493. The molecule has 0 amide bonds. The minimum Gasteiger partial charge on any atom is -0.306 e. The fraction of sp³-hybridized carbons (Fsp3) is 0.333. The van der Waals surface area contributed by atoms with Gasteiger partial charge in [0.25, 0.3) is 0 Å². The van der Waals surface area contributed by atoms with Crippen molar-refractivity contribution in [2.45, 2.75) is 26.3 Å². The maximum atomic E-state index is 3.63. The lowest BCUT2D eigenvalue weighted by Gasteiger charge is -2.18. The molecule has 2 rings (SSSR count). The number of rotatable bonds is 5. The minimum atomic E-state index is 0.316. The Kier molecular flexibility index (Phi) is 4.98. The van der Waals surface area contributed by atoms with Gasteiger partial charge in [0, 0.05) is 9.35 Å². The minimum absolute atomic E-state index is 0.316. The van der Waals surface area contributed by atoms with Crippen LogP contribution in [0.1, 0.15) is 35.4 Å². The van der Waals surface area contributed by atoms with Crippen LogP contribution >= 0.6 is 27.3 Å². The van der Waals surface area contributed by atoms with Crippen LogP contribution in [0.3, 0.4) is 0 Å². The quantitative estimate of drug-likeness (QED) is 0.824. The topological polar surface area (TPSA) is 12.0 Å². The predicted molar refractivity (Wildman–Crippen MR) is 83.3 cm³/mol. The second-order valence-electron chi connectivity index (χ2n) is 4.41. The molecule has 1 atom stereocenters. The molecule has 1 aromatic heterocycles. The predicted octanol–water partition coefficient (Wildman–Crippen LogP) is 4.91. The van der Waals surface area contributed by atoms with Crippen molar-refractivity contribution in [1.82, 2.24) is 5.32 Å². The molecule has 2 aromatic rings. The summed E-state index contributed by atoms with van der Waals surface area (Å²) in [6, 6.07) is 11.2. The van der Waals surface area contributed by atoms with Crippen LogP contribution < -0.4 is 5.32 Å². The largest absolute Gasteiger partial charge is 0.306 e. The molecule has 1 heterocycles. The molecule has 18 heavy (non-hydrogen) atoms. The van der Waals surface area contributed by atoms with Crippen LogP contribution in [0.25, 0.3) is 0 Å².